The van der Waals surface area contributed by atoms with Crippen LogP contribution in [0.15, 0.2) is 52.0 Å². The Bertz CT molecular complexity index is 723. The molecule has 0 unspecified atom stereocenters. The highest BCUT2D eigenvalue weighted by Crippen LogP contribution is 2.11. The molecule has 1 amide bonds. The molecule has 1 heterocycles. The molecule has 0 radical (unpaired) electrons. The molecule has 0 aliphatic carbocycles. The maximum absolute atomic E-state index is 12.0. The van der Waals surface area contributed by atoms with E-state index >= 15 is 0 Å². The minimum atomic E-state index is -3.31. The van der Waals surface area contributed by atoms with Crippen molar-refractivity contribution in [2.45, 2.75) is 17.9 Å². The van der Waals surface area contributed by atoms with E-state index in [0.29, 0.717) is 22.6 Å². The summed E-state index contributed by atoms with van der Waals surface area (Å²) in [5, 5.41) is 2.66. The fourth-order valence-electron chi connectivity index (χ4n) is 1.92. The summed E-state index contributed by atoms with van der Waals surface area (Å²) in [5.41, 5.74) is 5.78. The van der Waals surface area contributed by atoms with Crippen molar-refractivity contribution in [3.8, 4) is 0 Å². The lowest BCUT2D eigenvalue weighted by Gasteiger charge is -2.05. The maximum atomic E-state index is 12.0. The summed E-state index contributed by atoms with van der Waals surface area (Å²) in [6, 6.07) is 9.82. The van der Waals surface area contributed by atoms with Gasteiger partial charge in [0.05, 0.1) is 22.8 Å². The van der Waals surface area contributed by atoms with Crippen molar-refractivity contribution in [2.75, 3.05) is 12.3 Å². The van der Waals surface area contributed by atoms with Gasteiger partial charge in [-0.15, -0.1) is 0 Å². The second-order valence-corrected chi connectivity index (χ2v) is 6.86. The monoisotopic (exact) mass is 322 g/mol. The zero-order valence-corrected chi connectivity index (χ0v) is 12.8. The number of benzene rings is 1. The lowest BCUT2D eigenvalue weighted by atomic mass is 10.3. The molecule has 0 atom stereocenters. The highest BCUT2D eigenvalue weighted by molar-refractivity contribution is 7.91. The van der Waals surface area contributed by atoms with E-state index in [-0.39, 0.29) is 24.7 Å². The fourth-order valence-corrected chi connectivity index (χ4v) is 3.25. The second kappa shape index (κ2) is 7.24. The van der Waals surface area contributed by atoms with E-state index in [2.05, 4.69) is 5.32 Å². The Labute approximate surface area is 129 Å². The van der Waals surface area contributed by atoms with Crippen molar-refractivity contribution in [3.05, 3.63) is 54.0 Å². The molecule has 0 spiro atoms. The average Bonchev–Trinajstić information content (AvgIpc) is 3.01. The van der Waals surface area contributed by atoms with Crippen LogP contribution in [0.25, 0.3) is 0 Å². The third-order valence-corrected chi connectivity index (χ3v) is 4.91. The van der Waals surface area contributed by atoms with Gasteiger partial charge in [-0.1, -0.05) is 18.2 Å². The molecular weight excluding hydrogens is 304 g/mol. The molecule has 1 aromatic heterocycles. The van der Waals surface area contributed by atoms with Gasteiger partial charge >= 0.3 is 0 Å². The second-order valence-electron chi connectivity index (χ2n) is 4.75. The van der Waals surface area contributed by atoms with E-state index in [1.165, 1.54) is 6.26 Å². The van der Waals surface area contributed by atoms with Gasteiger partial charge < -0.3 is 15.5 Å². The van der Waals surface area contributed by atoms with Gasteiger partial charge in [0.25, 0.3) is 5.91 Å². The summed E-state index contributed by atoms with van der Waals surface area (Å²) in [6.07, 6.45) is 1.67. The first kappa shape index (κ1) is 16.3. The van der Waals surface area contributed by atoms with Crippen LogP contribution < -0.4 is 11.1 Å². The minimum absolute atomic E-state index is 0.0171. The lowest BCUT2D eigenvalue weighted by molar-refractivity contribution is 0.0953. The Kier molecular flexibility index (Phi) is 5.35. The number of carbonyl (C=O) groups is 1. The van der Waals surface area contributed by atoms with Crippen LogP contribution >= 0.6 is 0 Å². The standard InChI is InChI=1S/C15H18N2O4S/c16-10-13-9-12(11-21-13)15(18)17-7-4-8-22(19,20)14-5-2-1-3-6-14/h1-3,5-6,9,11H,4,7-8,10,16H2,(H,17,18). The number of hydrogen-bond acceptors (Lipinski definition) is 5. The van der Waals surface area contributed by atoms with Gasteiger partial charge in [-0.3, -0.25) is 4.79 Å². The van der Waals surface area contributed by atoms with Crippen molar-refractivity contribution in [1.29, 1.82) is 0 Å². The van der Waals surface area contributed by atoms with Gasteiger partial charge in [0.1, 0.15) is 12.0 Å². The molecule has 118 valence electrons. The van der Waals surface area contributed by atoms with E-state index < -0.39 is 9.84 Å². The molecule has 2 aromatic rings. The molecular formula is C15H18N2O4S. The first-order valence-electron chi connectivity index (χ1n) is 6.86. The van der Waals surface area contributed by atoms with Crippen molar-refractivity contribution >= 4 is 15.7 Å². The topological polar surface area (TPSA) is 102 Å². The number of nitrogens with two attached hydrogens (primary N) is 1. The van der Waals surface area contributed by atoms with Crippen LogP contribution in [0.4, 0.5) is 0 Å². The summed E-state index contributed by atoms with van der Waals surface area (Å²) < 4.78 is 29.2. The molecule has 2 rings (SSSR count). The van der Waals surface area contributed by atoms with Gasteiger partial charge in [-0.05, 0) is 24.6 Å². The SMILES string of the molecule is NCc1cc(C(=O)NCCCS(=O)(=O)c2ccccc2)co1. The Morgan fingerprint density at radius 1 is 1.23 bits per heavy atom. The van der Waals surface area contributed by atoms with Gasteiger partial charge in [0.15, 0.2) is 9.84 Å². The van der Waals surface area contributed by atoms with Crippen LogP contribution in [0.2, 0.25) is 0 Å². The van der Waals surface area contributed by atoms with E-state index in [9.17, 15) is 13.2 Å². The Balaban J connectivity index is 1.81. The molecule has 22 heavy (non-hydrogen) atoms. The van der Waals surface area contributed by atoms with E-state index in [1.807, 2.05) is 0 Å². The largest absolute Gasteiger partial charge is 0.467 e. The number of furan rings is 1. The molecule has 0 saturated carbocycles. The van der Waals surface area contributed by atoms with E-state index in [0.717, 1.165) is 0 Å². The normalized spacial score (nSPS) is 11.3. The summed E-state index contributed by atoms with van der Waals surface area (Å²) in [4.78, 5) is 12.1. The number of carbonyl (C=O) groups excluding carboxylic acids is 1. The van der Waals surface area contributed by atoms with Crippen molar-refractivity contribution in [1.82, 2.24) is 5.32 Å². The molecule has 0 aliphatic rings. The molecule has 6 nitrogen and oxygen atoms in total. The Morgan fingerprint density at radius 3 is 2.59 bits per heavy atom. The predicted octanol–water partition coefficient (Wildman–Crippen LogP) is 1.33. The highest BCUT2D eigenvalue weighted by atomic mass is 32.2. The minimum Gasteiger partial charge on any atom is -0.467 e. The van der Waals surface area contributed by atoms with Crippen molar-refractivity contribution < 1.29 is 17.6 Å². The molecule has 0 aliphatic heterocycles. The first-order chi connectivity index (χ1) is 10.5. The third-order valence-electron chi connectivity index (χ3n) is 3.09. The number of hydrogen-bond donors (Lipinski definition) is 2. The maximum Gasteiger partial charge on any atom is 0.254 e. The third kappa shape index (κ3) is 4.19. The smallest absolute Gasteiger partial charge is 0.254 e. The van der Waals surface area contributed by atoms with Crippen molar-refractivity contribution in [2.24, 2.45) is 5.73 Å². The zero-order valence-electron chi connectivity index (χ0n) is 12.0. The van der Waals surface area contributed by atoms with Crippen LogP contribution in [0.3, 0.4) is 0 Å². The van der Waals surface area contributed by atoms with Gasteiger partial charge in [-0.25, -0.2) is 8.42 Å². The quantitative estimate of drug-likeness (QED) is 0.749. The molecule has 1 aromatic carbocycles. The zero-order chi connectivity index (χ0) is 16.0. The molecule has 0 bridgehead atoms. The highest BCUT2D eigenvalue weighted by Gasteiger charge is 2.14. The fraction of sp³-hybridized carbons (Fsp3) is 0.267. The van der Waals surface area contributed by atoms with Gasteiger partial charge in [0.2, 0.25) is 0 Å². The van der Waals surface area contributed by atoms with Crippen LogP contribution in [0.5, 0.6) is 0 Å². The van der Waals surface area contributed by atoms with E-state index in [1.54, 1.807) is 36.4 Å². The number of amides is 1. The average molecular weight is 322 g/mol. The number of sulfone groups is 1. The summed E-state index contributed by atoms with van der Waals surface area (Å²) in [5.74, 6) is 0.203. The van der Waals surface area contributed by atoms with Crippen molar-refractivity contribution in [3.63, 3.8) is 0 Å². The molecule has 7 heteroatoms. The lowest BCUT2D eigenvalue weighted by Crippen LogP contribution is -2.25. The number of rotatable bonds is 7. The predicted molar refractivity (Wildman–Crippen MR) is 82.0 cm³/mol. The summed E-state index contributed by atoms with van der Waals surface area (Å²) >= 11 is 0. The van der Waals surface area contributed by atoms with Crippen LogP contribution in [-0.4, -0.2) is 26.6 Å². The van der Waals surface area contributed by atoms with Crippen LogP contribution in [0.1, 0.15) is 22.5 Å². The summed E-state index contributed by atoms with van der Waals surface area (Å²) in [7, 11) is -3.31. The van der Waals surface area contributed by atoms with Gasteiger partial charge in [-0.2, -0.15) is 0 Å². The first-order valence-corrected chi connectivity index (χ1v) is 8.51. The summed E-state index contributed by atoms with van der Waals surface area (Å²) in [6.45, 7) is 0.497. The molecule has 3 N–H and O–H groups in total. The van der Waals surface area contributed by atoms with Crippen LogP contribution in [-0.2, 0) is 16.4 Å². The van der Waals surface area contributed by atoms with Gasteiger partial charge in [0, 0.05) is 6.54 Å². The number of nitrogens with one attached hydrogen (secondary N) is 1. The molecule has 0 saturated heterocycles. The Hall–Kier alpha value is -2.12. The van der Waals surface area contributed by atoms with E-state index in [4.69, 9.17) is 10.2 Å². The molecule has 0 fully saturated rings. The Morgan fingerprint density at radius 2 is 1.95 bits per heavy atom. The van der Waals surface area contributed by atoms with Crippen LogP contribution in [0, 0.1) is 0 Å².